The van der Waals surface area contributed by atoms with Crippen LogP contribution in [0.15, 0.2) is 36.5 Å². The Kier molecular flexibility index (Phi) is 3.15. The van der Waals surface area contributed by atoms with E-state index < -0.39 is 0 Å². The molecule has 0 atom stereocenters. The molecule has 0 bridgehead atoms. The molecule has 1 fully saturated rings. The zero-order valence-electron chi connectivity index (χ0n) is 10.8. The minimum Gasteiger partial charge on any atom is -0.317 e. The van der Waals surface area contributed by atoms with E-state index >= 15 is 0 Å². The summed E-state index contributed by atoms with van der Waals surface area (Å²) < 4.78 is 2.05. The van der Waals surface area contributed by atoms with E-state index in [9.17, 15) is 0 Å². The van der Waals surface area contributed by atoms with Crippen LogP contribution >= 0.6 is 0 Å². The van der Waals surface area contributed by atoms with E-state index in [2.05, 4.69) is 52.5 Å². The lowest BCUT2D eigenvalue weighted by Gasteiger charge is -2.22. The molecule has 0 aliphatic carbocycles. The number of aromatic nitrogens is 2. The maximum absolute atomic E-state index is 4.56. The van der Waals surface area contributed by atoms with Crippen molar-refractivity contribution in [1.29, 1.82) is 0 Å². The van der Waals surface area contributed by atoms with Crippen LogP contribution in [0.5, 0.6) is 0 Å². The standard InChI is InChI=1S/C15H19N3/c1-12-15(13-7-9-16-10-8-13)11-17-18(12)14-5-3-2-4-6-14/h2-6,11,13,16H,7-10H2,1H3. The van der Waals surface area contributed by atoms with Crippen molar-refractivity contribution in [2.45, 2.75) is 25.7 Å². The summed E-state index contributed by atoms with van der Waals surface area (Å²) in [5, 5.41) is 7.97. The highest BCUT2D eigenvalue weighted by atomic mass is 15.3. The summed E-state index contributed by atoms with van der Waals surface area (Å²) >= 11 is 0. The minimum absolute atomic E-state index is 0.670. The molecule has 18 heavy (non-hydrogen) atoms. The summed E-state index contributed by atoms with van der Waals surface area (Å²) in [6.45, 7) is 4.43. The number of hydrogen-bond acceptors (Lipinski definition) is 2. The van der Waals surface area contributed by atoms with Gasteiger partial charge in [0.15, 0.2) is 0 Å². The Balaban J connectivity index is 1.92. The molecule has 1 aliphatic heterocycles. The van der Waals surface area contributed by atoms with Crippen molar-refractivity contribution in [3.05, 3.63) is 47.8 Å². The molecule has 1 aliphatic rings. The van der Waals surface area contributed by atoms with Crippen LogP contribution in [0.2, 0.25) is 0 Å². The van der Waals surface area contributed by atoms with Gasteiger partial charge in [0.1, 0.15) is 0 Å². The number of para-hydroxylation sites is 1. The van der Waals surface area contributed by atoms with Gasteiger partial charge in [0.05, 0.1) is 11.9 Å². The highest BCUT2D eigenvalue weighted by Gasteiger charge is 2.20. The first-order valence-electron chi connectivity index (χ1n) is 6.67. The van der Waals surface area contributed by atoms with Gasteiger partial charge in [-0.2, -0.15) is 5.10 Å². The zero-order chi connectivity index (χ0) is 12.4. The highest BCUT2D eigenvalue weighted by molar-refractivity contribution is 5.35. The van der Waals surface area contributed by atoms with Gasteiger partial charge in [-0.1, -0.05) is 18.2 Å². The topological polar surface area (TPSA) is 29.9 Å². The Morgan fingerprint density at radius 3 is 2.61 bits per heavy atom. The second kappa shape index (κ2) is 4.94. The molecule has 3 rings (SSSR count). The van der Waals surface area contributed by atoms with Crippen molar-refractivity contribution in [2.75, 3.05) is 13.1 Å². The molecule has 94 valence electrons. The third-order valence-electron chi connectivity index (χ3n) is 3.83. The maximum atomic E-state index is 4.56. The van der Waals surface area contributed by atoms with Gasteiger partial charge in [0.25, 0.3) is 0 Å². The fourth-order valence-electron chi connectivity index (χ4n) is 2.79. The van der Waals surface area contributed by atoms with E-state index in [4.69, 9.17) is 0 Å². The van der Waals surface area contributed by atoms with E-state index in [0.717, 1.165) is 18.8 Å². The third kappa shape index (κ3) is 2.06. The Hall–Kier alpha value is -1.61. The minimum atomic E-state index is 0.670. The van der Waals surface area contributed by atoms with Crippen LogP contribution in [0.3, 0.4) is 0 Å². The van der Waals surface area contributed by atoms with E-state index in [0.29, 0.717) is 5.92 Å². The number of nitrogens with zero attached hydrogens (tertiary/aromatic N) is 2. The Morgan fingerprint density at radius 2 is 1.89 bits per heavy atom. The number of piperidine rings is 1. The number of nitrogens with one attached hydrogen (secondary N) is 1. The normalized spacial score (nSPS) is 16.9. The smallest absolute Gasteiger partial charge is 0.0648 e. The van der Waals surface area contributed by atoms with Crippen LogP contribution in [0.4, 0.5) is 0 Å². The first-order valence-corrected chi connectivity index (χ1v) is 6.67. The molecule has 1 N–H and O–H groups in total. The van der Waals surface area contributed by atoms with E-state index in [-0.39, 0.29) is 0 Å². The second-order valence-corrected chi connectivity index (χ2v) is 4.96. The molecule has 2 aromatic rings. The molecular formula is C15H19N3. The highest BCUT2D eigenvalue weighted by Crippen LogP contribution is 2.28. The Bertz CT molecular complexity index is 510. The van der Waals surface area contributed by atoms with Crippen LogP contribution in [-0.2, 0) is 0 Å². The maximum Gasteiger partial charge on any atom is 0.0648 e. The van der Waals surface area contributed by atoms with Crippen LogP contribution in [0, 0.1) is 6.92 Å². The van der Waals surface area contributed by atoms with Crippen molar-refractivity contribution >= 4 is 0 Å². The summed E-state index contributed by atoms with van der Waals surface area (Å²) in [6.07, 6.45) is 4.50. The summed E-state index contributed by atoms with van der Waals surface area (Å²) in [5.74, 6) is 0.670. The summed E-state index contributed by atoms with van der Waals surface area (Å²) in [4.78, 5) is 0. The lowest BCUT2D eigenvalue weighted by atomic mass is 9.91. The molecule has 0 radical (unpaired) electrons. The fourth-order valence-corrected chi connectivity index (χ4v) is 2.79. The largest absolute Gasteiger partial charge is 0.317 e. The fraction of sp³-hybridized carbons (Fsp3) is 0.400. The second-order valence-electron chi connectivity index (χ2n) is 4.96. The van der Waals surface area contributed by atoms with Crippen molar-refractivity contribution in [3.63, 3.8) is 0 Å². The molecular weight excluding hydrogens is 222 g/mol. The molecule has 0 unspecified atom stereocenters. The third-order valence-corrected chi connectivity index (χ3v) is 3.83. The van der Waals surface area contributed by atoms with Crippen molar-refractivity contribution in [1.82, 2.24) is 15.1 Å². The molecule has 1 aromatic heterocycles. The SMILES string of the molecule is Cc1c(C2CCNCC2)cnn1-c1ccccc1. The van der Waals surface area contributed by atoms with E-state index in [1.807, 2.05) is 6.07 Å². The van der Waals surface area contributed by atoms with Crippen molar-refractivity contribution < 1.29 is 0 Å². The van der Waals surface area contributed by atoms with Gasteiger partial charge in [-0.15, -0.1) is 0 Å². The summed E-state index contributed by atoms with van der Waals surface area (Å²) in [7, 11) is 0. The van der Waals surface area contributed by atoms with Gasteiger partial charge < -0.3 is 5.32 Å². The van der Waals surface area contributed by atoms with Crippen molar-refractivity contribution in [2.24, 2.45) is 0 Å². The predicted molar refractivity (Wildman–Crippen MR) is 73.1 cm³/mol. The predicted octanol–water partition coefficient (Wildman–Crippen LogP) is 2.65. The quantitative estimate of drug-likeness (QED) is 0.876. The average molecular weight is 241 g/mol. The van der Waals surface area contributed by atoms with Crippen LogP contribution in [-0.4, -0.2) is 22.9 Å². The number of benzene rings is 1. The van der Waals surface area contributed by atoms with Gasteiger partial charge in [-0.3, -0.25) is 0 Å². The Labute approximate surface area is 108 Å². The lowest BCUT2D eigenvalue weighted by molar-refractivity contribution is 0.459. The molecule has 1 saturated heterocycles. The van der Waals surface area contributed by atoms with Gasteiger partial charge in [0.2, 0.25) is 0 Å². The number of hydrogen-bond donors (Lipinski definition) is 1. The molecule has 0 amide bonds. The molecule has 3 heteroatoms. The first kappa shape index (κ1) is 11.5. The Morgan fingerprint density at radius 1 is 1.17 bits per heavy atom. The van der Waals surface area contributed by atoms with Crippen LogP contribution in [0.25, 0.3) is 5.69 Å². The molecule has 2 heterocycles. The van der Waals surface area contributed by atoms with Gasteiger partial charge in [-0.05, 0) is 56.5 Å². The summed E-state index contributed by atoms with van der Waals surface area (Å²) in [5.41, 5.74) is 3.85. The van der Waals surface area contributed by atoms with Crippen molar-refractivity contribution in [3.8, 4) is 5.69 Å². The first-order chi connectivity index (χ1) is 8.86. The summed E-state index contributed by atoms with van der Waals surface area (Å²) in [6, 6.07) is 10.4. The van der Waals surface area contributed by atoms with E-state index in [1.54, 1.807) is 0 Å². The zero-order valence-corrected chi connectivity index (χ0v) is 10.8. The molecule has 3 nitrogen and oxygen atoms in total. The van der Waals surface area contributed by atoms with Crippen LogP contribution in [0.1, 0.15) is 30.0 Å². The van der Waals surface area contributed by atoms with Gasteiger partial charge in [-0.25, -0.2) is 4.68 Å². The van der Waals surface area contributed by atoms with Gasteiger partial charge >= 0.3 is 0 Å². The monoisotopic (exact) mass is 241 g/mol. The molecule has 0 spiro atoms. The molecule has 0 saturated carbocycles. The molecule has 1 aromatic carbocycles. The number of rotatable bonds is 2. The van der Waals surface area contributed by atoms with Gasteiger partial charge in [0, 0.05) is 5.69 Å². The lowest BCUT2D eigenvalue weighted by Crippen LogP contribution is -2.26. The van der Waals surface area contributed by atoms with E-state index in [1.165, 1.54) is 24.1 Å². The van der Waals surface area contributed by atoms with Crippen LogP contribution < -0.4 is 5.32 Å². The average Bonchev–Trinajstić information content (AvgIpc) is 2.83.